The Bertz CT molecular complexity index is 935. The number of carbonyl (C=O) groups is 1. The van der Waals surface area contributed by atoms with Crippen molar-refractivity contribution < 1.29 is 17.6 Å². The molecule has 2 fully saturated rings. The van der Waals surface area contributed by atoms with Crippen LogP contribution in [0.25, 0.3) is 11.3 Å². The molecule has 3 heterocycles. The fourth-order valence-electron chi connectivity index (χ4n) is 3.36. The molecule has 2 aromatic rings. The zero-order valence-corrected chi connectivity index (χ0v) is 14.1. The third kappa shape index (κ3) is 2.25. The number of carbonyl (C=O) groups excluding carboxylic acids is 1. The van der Waals surface area contributed by atoms with E-state index in [1.807, 2.05) is 0 Å². The first-order valence-electron chi connectivity index (χ1n) is 7.72. The molecular weight excluding hydrogens is 330 g/mol. The summed E-state index contributed by atoms with van der Waals surface area (Å²) in [4.78, 5) is 16.1. The highest BCUT2D eigenvalue weighted by Gasteiger charge is 2.49. The Morgan fingerprint density at radius 2 is 2.12 bits per heavy atom. The molecule has 1 aromatic heterocycles. The van der Waals surface area contributed by atoms with Crippen LogP contribution in [0.4, 0.5) is 0 Å². The molecule has 0 spiro atoms. The second-order valence-electron chi connectivity index (χ2n) is 6.26. The van der Waals surface area contributed by atoms with Gasteiger partial charge in [0.05, 0.1) is 11.1 Å². The van der Waals surface area contributed by atoms with Crippen molar-refractivity contribution in [3.8, 4) is 11.3 Å². The molecule has 24 heavy (non-hydrogen) atoms. The number of amides is 1. The highest BCUT2D eigenvalue weighted by Crippen LogP contribution is 2.33. The van der Waals surface area contributed by atoms with Gasteiger partial charge >= 0.3 is 0 Å². The molecule has 8 heteroatoms. The van der Waals surface area contributed by atoms with Crippen molar-refractivity contribution in [2.45, 2.75) is 37.2 Å². The molecule has 1 aromatic carbocycles. The summed E-state index contributed by atoms with van der Waals surface area (Å²) in [6.45, 7) is 3.80. The van der Waals surface area contributed by atoms with Gasteiger partial charge in [-0.05, 0) is 25.0 Å². The minimum Gasteiger partial charge on any atom is -0.441 e. The van der Waals surface area contributed by atoms with Crippen molar-refractivity contribution in [3.63, 3.8) is 0 Å². The number of piperazine rings is 1. The van der Waals surface area contributed by atoms with E-state index < -0.39 is 16.1 Å². The number of oxazole rings is 1. The fourth-order valence-corrected chi connectivity index (χ4v) is 5.26. The van der Waals surface area contributed by atoms with E-state index in [1.54, 1.807) is 38.2 Å². The quantitative estimate of drug-likeness (QED) is 0.901. The number of benzene rings is 1. The lowest BCUT2D eigenvalue weighted by atomic mass is 10.1. The number of rotatable bonds is 3. The van der Waals surface area contributed by atoms with Crippen LogP contribution in [-0.2, 0) is 14.8 Å². The van der Waals surface area contributed by atoms with Gasteiger partial charge in [-0.25, -0.2) is 13.4 Å². The van der Waals surface area contributed by atoms with E-state index in [0.717, 1.165) is 0 Å². The first-order valence-corrected chi connectivity index (χ1v) is 9.16. The predicted octanol–water partition coefficient (Wildman–Crippen LogP) is 1.22. The van der Waals surface area contributed by atoms with Crippen LogP contribution in [0.2, 0.25) is 0 Å². The molecular formula is C16H17N3O4S. The average molecular weight is 347 g/mol. The summed E-state index contributed by atoms with van der Waals surface area (Å²) in [5, 5.41) is 2.79. The maximum absolute atomic E-state index is 13.1. The van der Waals surface area contributed by atoms with Gasteiger partial charge in [-0.1, -0.05) is 12.1 Å². The lowest BCUT2D eigenvalue weighted by Gasteiger charge is -2.26. The normalized spacial score (nSPS) is 23.7. The smallest absolute Gasteiger partial charge is 0.244 e. The average Bonchev–Trinajstić information content (AvgIpc) is 3.22. The van der Waals surface area contributed by atoms with Crippen molar-refractivity contribution in [2.75, 3.05) is 6.54 Å². The van der Waals surface area contributed by atoms with E-state index in [1.165, 1.54) is 4.31 Å². The maximum atomic E-state index is 13.1. The Morgan fingerprint density at radius 1 is 1.33 bits per heavy atom. The van der Waals surface area contributed by atoms with Crippen molar-refractivity contribution in [3.05, 3.63) is 35.9 Å². The topological polar surface area (TPSA) is 92.5 Å². The molecule has 0 unspecified atom stereocenters. The van der Waals surface area contributed by atoms with Crippen LogP contribution in [0.3, 0.4) is 0 Å². The Hall–Kier alpha value is -2.19. The Kier molecular flexibility index (Phi) is 3.29. The van der Waals surface area contributed by atoms with E-state index in [9.17, 15) is 13.2 Å². The van der Waals surface area contributed by atoms with E-state index in [-0.39, 0.29) is 16.8 Å². The summed E-state index contributed by atoms with van der Waals surface area (Å²) in [5.41, 5.74) is 1.28. The van der Waals surface area contributed by atoms with Crippen molar-refractivity contribution in [1.29, 1.82) is 0 Å². The first-order chi connectivity index (χ1) is 11.4. The molecule has 0 aliphatic carbocycles. The van der Waals surface area contributed by atoms with Crippen molar-refractivity contribution in [1.82, 2.24) is 14.6 Å². The number of aryl methyl sites for hydroxylation is 2. The monoisotopic (exact) mass is 347 g/mol. The number of hydrogen-bond donors (Lipinski definition) is 1. The molecule has 1 amide bonds. The van der Waals surface area contributed by atoms with Gasteiger partial charge in [0.1, 0.15) is 6.04 Å². The third-order valence-corrected chi connectivity index (χ3v) is 6.60. The van der Waals surface area contributed by atoms with Gasteiger partial charge in [0.25, 0.3) is 0 Å². The summed E-state index contributed by atoms with van der Waals surface area (Å²) in [7, 11) is -3.75. The van der Waals surface area contributed by atoms with Crippen LogP contribution in [0.15, 0.2) is 33.7 Å². The number of sulfonamides is 1. The van der Waals surface area contributed by atoms with Crippen LogP contribution in [0.5, 0.6) is 0 Å². The summed E-state index contributed by atoms with van der Waals surface area (Å²) in [6.07, 6.45) is 2.11. The van der Waals surface area contributed by atoms with E-state index in [2.05, 4.69) is 10.3 Å². The third-order valence-electron chi connectivity index (χ3n) is 4.59. The largest absolute Gasteiger partial charge is 0.441 e. The van der Waals surface area contributed by atoms with E-state index in [0.29, 0.717) is 35.7 Å². The number of hydrogen-bond acceptors (Lipinski definition) is 5. The molecule has 2 saturated heterocycles. The maximum Gasteiger partial charge on any atom is 0.244 e. The molecule has 7 nitrogen and oxygen atoms in total. The van der Waals surface area contributed by atoms with Gasteiger partial charge in [-0.2, -0.15) is 4.31 Å². The van der Waals surface area contributed by atoms with Gasteiger partial charge in [0, 0.05) is 25.1 Å². The predicted molar refractivity (Wildman–Crippen MR) is 85.6 cm³/mol. The highest BCUT2D eigenvalue weighted by molar-refractivity contribution is 7.89. The number of fused-ring (bicyclic) bond motifs is 2. The molecule has 2 aliphatic heterocycles. The van der Waals surface area contributed by atoms with Gasteiger partial charge in [-0.15, -0.1) is 0 Å². The lowest BCUT2D eigenvalue weighted by molar-refractivity contribution is -0.123. The van der Waals surface area contributed by atoms with Crippen LogP contribution in [-0.4, -0.2) is 42.2 Å². The second kappa shape index (κ2) is 5.15. The van der Waals surface area contributed by atoms with Crippen LogP contribution >= 0.6 is 0 Å². The molecule has 4 rings (SSSR count). The lowest BCUT2D eigenvalue weighted by Crippen LogP contribution is -2.50. The summed E-state index contributed by atoms with van der Waals surface area (Å²) in [6, 6.07) is 4.45. The molecule has 2 atom stereocenters. The number of nitrogens with zero attached hydrogens (tertiary/aromatic N) is 2. The van der Waals surface area contributed by atoms with Gasteiger partial charge in [-0.3, -0.25) is 4.79 Å². The highest BCUT2D eigenvalue weighted by atomic mass is 32.2. The molecule has 2 bridgehead atoms. The van der Waals surface area contributed by atoms with Gasteiger partial charge < -0.3 is 9.73 Å². The standard InChI is InChI=1S/C16H17N3O4S/c1-9-3-4-11(14-7-17-10(2)23-14)5-15(9)24(21,22)19-8-12-6-13(19)16(20)18-12/h3-5,7,12-13H,6,8H2,1-2H3,(H,18,20)/t12-,13-/m0/s1. The summed E-state index contributed by atoms with van der Waals surface area (Å²) < 4.78 is 33.0. The fraction of sp³-hybridized carbons (Fsp3) is 0.375. The molecule has 1 N–H and O–H groups in total. The molecule has 2 aliphatic rings. The molecule has 0 radical (unpaired) electrons. The van der Waals surface area contributed by atoms with Crippen molar-refractivity contribution >= 4 is 15.9 Å². The second-order valence-corrected chi connectivity index (χ2v) is 8.11. The Balaban J connectivity index is 1.77. The zero-order chi connectivity index (χ0) is 17.1. The SMILES string of the molecule is Cc1ncc(-c2ccc(C)c(S(=O)(=O)N3C[C@@H]4C[C@H]3C(=O)N4)c2)o1. The van der Waals surface area contributed by atoms with Gasteiger partial charge in [0.15, 0.2) is 11.7 Å². The number of nitrogens with one attached hydrogen (secondary N) is 1. The van der Waals surface area contributed by atoms with E-state index in [4.69, 9.17) is 4.42 Å². The van der Waals surface area contributed by atoms with Gasteiger partial charge in [0.2, 0.25) is 15.9 Å². The molecule has 0 saturated carbocycles. The number of aromatic nitrogens is 1. The van der Waals surface area contributed by atoms with Crippen molar-refractivity contribution in [2.24, 2.45) is 0 Å². The minimum absolute atomic E-state index is 0.0855. The van der Waals surface area contributed by atoms with Crippen LogP contribution in [0.1, 0.15) is 17.9 Å². The van der Waals surface area contributed by atoms with Crippen LogP contribution in [0, 0.1) is 13.8 Å². The van der Waals surface area contributed by atoms with Crippen LogP contribution < -0.4 is 5.32 Å². The Morgan fingerprint density at radius 3 is 2.75 bits per heavy atom. The summed E-state index contributed by atoms with van der Waals surface area (Å²) in [5.74, 6) is 0.822. The zero-order valence-electron chi connectivity index (χ0n) is 13.3. The first kappa shape index (κ1) is 15.3. The Labute approximate surface area is 139 Å². The summed E-state index contributed by atoms with van der Waals surface area (Å²) >= 11 is 0. The minimum atomic E-state index is -3.75. The van der Waals surface area contributed by atoms with E-state index >= 15 is 0 Å². The molecule has 126 valence electrons.